The Labute approximate surface area is 157 Å². The average Bonchev–Trinajstić information content (AvgIpc) is 3.24. The van der Waals surface area contributed by atoms with E-state index >= 15 is 0 Å². The second-order valence-electron chi connectivity index (χ2n) is 6.00. The number of nitrogens with one attached hydrogen (secondary N) is 1. The third-order valence-electron chi connectivity index (χ3n) is 4.06. The van der Waals surface area contributed by atoms with E-state index in [1.54, 1.807) is 11.3 Å². The van der Waals surface area contributed by atoms with E-state index in [0.29, 0.717) is 30.5 Å². The molecule has 0 saturated carbocycles. The van der Waals surface area contributed by atoms with E-state index in [-0.39, 0.29) is 23.4 Å². The number of rotatable bonds is 5. The van der Waals surface area contributed by atoms with E-state index in [2.05, 4.69) is 15.5 Å². The zero-order valence-corrected chi connectivity index (χ0v) is 15.1. The number of aromatic nitrogens is 2. The monoisotopic (exact) mass is 392 g/mol. The van der Waals surface area contributed by atoms with Gasteiger partial charge in [0.25, 0.3) is 0 Å². The minimum atomic E-state index is -0.517. The van der Waals surface area contributed by atoms with Crippen LogP contribution in [0.15, 0.2) is 40.2 Å². The lowest BCUT2D eigenvalue weighted by Crippen LogP contribution is -2.48. The molecule has 134 valence electrons. The van der Waals surface area contributed by atoms with Gasteiger partial charge in [-0.25, -0.2) is 4.39 Å². The number of hydrogen-bond acceptors (Lipinski definition) is 6. The van der Waals surface area contributed by atoms with E-state index in [9.17, 15) is 9.18 Å². The molecular formula is C17H14ClFN4O2S. The Hall–Kier alpha value is -2.29. The highest BCUT2D eigenvalue weighted by molar-refractivity contribution is 7.13. The highest BCUT2D eigenvalue weighted by Gasteiger charge is 2.33. The SMILES string of the molecule is O=C(CN1CC(c2nc(-c3cccs3)no2)C1)Nc1ccc(F)c(Cl)c1. The molecule has 3 heterocycles. The fourth-order valence-electron chi connectivity index (χ4n) is 2.74. The summed E-state index contributed by atoms with van der Waals surface area (Å²) in [5.74, 6) is 0.617. The summed E-state index contributed by atoms with van der Waals surface area (Å²) in [5, 5.41) is 8.64. The third kappa shape index (κ3) is 3.62. The molecule has 0 unspecified atom stereocenters. The molecule has 0 radical (unpaired) electrons. The molecule has 6 nitrogen and oxygen atoms in total. The third-order valence-corrected chi connectivity index (χ3v) is 5.22. The fraction of sp³-hybridized carbons (Fsp3) is 0.235. The molecule has 1 N–H and O–H groups in total. The van der Waals surface area contributed by atoms with Crippen molar-refractivity contribution in [3.8, 4) is 10.7 Å². The van der Waals surface area contributed by atoms with Crippen molar-refractivity contribution in [3.05, 3.63) is 52.4 Å². The van der Waals surface area contributed by atoms with Gasteiger partial charge in [-0.3, -0.25) is 9.69 Å². The second-order valence-corrected chi connectivity index (χ2v) is 7.36. The van der Waals surface area contributed by atoms with Crippen LogP contribution in [0.5, 0.6) is 0 Å². The molecule has 1 amide bonds. The average molecular weight is 393 g/mol. The summed E-state index contributed by atoms with van der Waals surface area (Å²) in [5.41, 5.74) is 0.468. The number of anilines is 1. The van der Waals surface area contributed by atoms with Gasteiger partial charge < -0.3 is 9.84 Å². The molecule has 1 saturated heterocycles. The number of likely N-dealkylation sites (tertiary alicyclic amines) is 1. The molecule has 0 spiro atoms. The molecule has 0 aliphatic carbocycles. The maximum atomic E-state index is 13.1. The molecule has 0 bridgehead atoms. The fourth-order valence-corrected chi connectivity index (χ4v) is 3.57. The van der Waals surface area contributed by atoms with Crippen LogP contribution in [0.1, 0.15) is 11.8 Å². The van der Waals surface area contributed by atoms with E-state index in [0.717, 1.165) is 4.88 Å². The maximum Gasteiger partial charge on any atom is 0.238 e. The predicted octanol–water partition coefficient (Wildman–Crippen LogP) is 3.63. The van der Waals surface area contributed by atoms with E-state index in [1.807, 2.05) is 22.4 Å². The van der Waals surface area contributed by atoms with Gasteiger partial charge in [0.15, 0.2) is 0 Å². The molecule has 1 aromatic carbocycles. The van der Waals surface area contributed by atoms with Crippen molar-refractivity contribution in [1.82, 2.24) is 15.0 Å². The van der Waals surface area contributed by atoms with Crippen molar-refractivity contribution in [3.63, 3.8) is 0 Å². The van der Waals surface area contributed by atoms with Crippen molar-refractivity contribution in [2.24, 2.45) is 0 Å². The molecule has 1 aliphatic rings. The number of thiophene rings is 1. The zero-order valence-electron chi connectivity index (χ0n) is 13.5. The van der Waals surface area contributed by atoms with E-state index < -0.39 is 5.82 Å². The first-order valence-electron chi connectivity index (χ1n) is 7.93. The molecule has 1 aliphatic heterocycles. The molecule has 3 aromatic rings. The lowest BCUT2D eigenvalue weighted by molar-refractivity contribution is -0.118. The number of carbonyl (C=O) groups is 1. The number of nitrogens with zero attached hydrogens (tertiary/aromatic N) is 3. The normalized spacial score (nSPS) is 15.0. The lowest BCUT2D eigenvalue weighted by atomic mass is 10.0. The Kier molecular flexibility index (Phi) is 4.71. The van der Waals surface area contributed by atoms with Gasteiger partial charge in [0.2, 0.25) is 17.6 Å². The summed E-state index contributed by atoms with van der Waals surface area (Å²) in [7, 11) is 0. The van der Waals surface area contributed by atoms with Gasteiger partial charge in [-0.05, 0) is 29.6 Å². The van der Waals surface area contributed by atoms with Gasteiger partial charge in [0.05, 0.1) is 22.4 Å². The van der Waals surface area contributed by atoms with Gasteiger partial charge in [-0.1, -0.05) is 22.8 Å². The standard InChI is InChI=1S/C17H14ClFN4O2S/c18-12-6-11(3-4-13(12)19)20-15(24)9-23-7-10(8-23)17-21-16(22-25-17)14-2-1-5-26-14/h1-6,10H,7-9H2,(H,20,24). The zero-order chi connectivity index (χ0) is 18.1. The Morgan fingerprint density at radius 2 is 2.27 bits per heavy atom. The molecule has 0 atom stereocenters. The van der Waals surface area contributed by atoms with E-state index in [4.69, 9.17) is 16.1 Å². The van der Waals surface area contributed by atoms with Crippen LogP contribution in [0.25, 0.3) is 10.7 Å². The largest absolute Gasteiger partial charge is 0.339 e. The Morgan fingerprint density at radius 3 is 3.00 bits per heavy atom. The van der Waals surface area contributed by atoms with Crippen molar-refractivity contribution in [1.29, 1.82) is 0 Å². The van der Waals surface area contributed by atoms with Crippen LogP contribution in [0.4, 0.5) is 10.1 Å². The minimum absolute atomic E-state index is 0.0234. The van der Waals surface area contributed by atoms with Crippen LogP contribution in [0, 0.1) is 5.82 Å². The second kappa shape index (κ2) is 7.14. The summed E-state index contributed by atoms with van der Waals surface area (Å²) < 4.78 is 18.5. The topological polar surface area (TPSA) is 71.3 Å². The molecule has 9 heteroatoms. The van der Waals surface area contributed by atoms with Crippen LogP contribution in [0.3, 0.4) is 0 Å². The number of hydrogen-bond donors (Lipinski definition) is 1. The van der Waals surface area contributed by atoms with Crippen molar-refractivity contribution < 1.29 is 13.7 Å². The van der Waals surface area contributed by atoms with Crippen molar-refractivity contribution >= 4 is 34.5 Å². The molecule has 26 heavy (non-hydrogen) atoms. The molecule has 1 fully saturated rings. The minimum Gasteiger partial charge on any atom is -0.339 e. The van der Waals surface area contributed by atoms with Crippen LogP contribution >= 0.6 is 22.9 Å². The Morgan fingerprint density at radius 1 is 1.42 bits per heavy atom. The lowest BCUT2D eigenvalue weighted by Gasteiger charge is -2.36. The first kappa shape index (κ1) is 17.1. The molecule has 4 rings (SSSR count). The van der Waals surface area contributed by atoms with Gasteiger partial charge in [-0.15, -0.1) is 11.3 Å². The van der Waals surface area contributed by atoms with Crippen LogP contribution < -0.4 is 5.32 Å². The quantitative estimate of drug-likeness (QED) is 0.718. The highest BCUT2D eigenvalue weighted by atomic mass is 35.5. The maximum absolute atomic E-state index is 13.1. The van der Waals surface area contributed by atoms with Gasteiger partial charge in [0.1, 0.15) is 5.82 Å². The van der Waals surface area contributed by atoms with Crippen molar-refractivity contribution in [2.45, 2.75) is 5.92 Å². The predicted molar refractivity (Wildman–Crippen MR) is 96.8 cm³/mol. The number of carbonyl (C=O) groups excluding carboxylic acids is 1. The van der Waals surface area contributed by atoms with Crippen LogP contribution in [-0.4, -0.2) is 40.6 Å². The molecular weight excluding hydrogens is 379 g/mol. The Balaban J connectivity index is 1.28. The summed E-state index contributed by atoms with van der Waals surface area (Å²) in [4.78, 5) is 19.4. The van der Waals surface area contributed by atoms with Crippen LogP contribution in [-0.2, 0) is 4.79 Å². The van der Waals surface area contributed by atoms with Gasteiger partial charge in [-0.2, -0.15) is 4.98 Å². The number of amides is 1. The molecule has 2 aromatic heterocycles. The Bertz CT molecular complexity index is 925. The summed E-state index contributed by atoms with van der Waals surface area (Å²) in [6.07, 6.45) is 0. The first-order chi connectivity index (χ1) is 12.6. The summed E-state index contributed by atoms with van der Waals surface area (Å²) in [6.45, 7) is 1.57. The van der Waals surface area contributed by atoms with Crippen molar-refractivity contribution in [2.75, 3.05) is 25.0 Å². The first-order valence-corrected chi connectivity index (χ1v) is 9.19. The summed E-state index contributed by atoms with van der Waals surface area (Å²) in [6, 6.07) is 7.96. The smallest absolute Gasteiger partial charge is 0.238 e. The van der Waals surface area contributed by atoms with Gasteiger partial charge >= 0.3 is 0 Å². The number of halogens is 2. The summed E-state index contributed by atoms with van der Waals surface area (Å²) >= 11 is 7.27. The van der Waals surface area contributed by atoms with E-state index in [1.165, 1.54) is 18.2 Å². The van der Waals surface area contributed by atoms with Crippen LogP contribution in [0.2, 0.25) is 5.02 Å². The van der Waals surface area contributed by atoms with Gasteiger partial charge in [0, 0.05) is 18.8 Å². The highest BCUT2D eigenvalue weighted by Crippen LogP contribution is 2.29. The number of benzene rings is 1.